The van der Waals surface area contributed by atoms with Crippen molar-refractivity contribution in [3.05, 3.63) is 147 Å². The van der Waals surface area contributed by atoms with Crippen molar-refractivity contribution >= 4 is 111 Å². The fourth-order valence-corrected chi connectivity index (χ4v) is 11.0. The van der Waals surface area contributed by atoms with Gasteiger partial charge in [-0.05, 0) is 113 Å². The van der Waals surface area contributed by atoms with Crippen LogP contribution < -0.4 is 19.7 Å². The summed E-state index contributed by atoms with van der Waals surface area (Å²) in [5.41, 5.74) is 8.43. The highest BCUT2D eigenvalue weighted by Gasteiger charge is 2.08. The highest BCUT2D eigenvalue weighted by Crippen LogP contribution is 2.21. The van der Waals surface area contributed by atoms with Crippen molar-refractivity contribution in [2.45, 2.75) is 33.1 Å². The molecule has 63 heavy (non-hydrogen) atoms. The van der Waals surface area contributed by atoms with Crippen molar-refractivity contribution in [3.8, 4) is 0 Å². The largest absolute Gasteiger partial charge is 0.316 e. The second-order valence-electron chi connectivity index (χ2n) is 14.9. The molecule has 0 fully saturated rings. The van der Waals surface area contributed by atoms with Crippen LogP contribution in [0.25, 0.3) is 30.6 Å². The first-order valence-electron chi connectivity index (χ1n) is 21.1. The van der Waals surface area contributed by atoms with Crippen LogP contribution in [-0.4, -0.2) is 88.9 Å². The van der Waals surface area contributed by atoms with Crippen LogP contribution in [-0.2, 0) is 26.2 Å². The van der Waals surface area contributed by atoms with E-state index in [1.54, 1.807) is 34.0 Å². The highest BCUT2D eigenvalue weighted by molar-refractivity contribution is 7.98. The van der Waals surface area contributed by atoms with Crippen molar-refractivity contribution in [2.75, 3.05) is 70.3 Å². The molecule has 0 aliphatic rings. The number of benzene rings is 5. The number of aromatic nitrogens is 3. The zero-order chi connectivity index (χ0) is 44.4. The number of thioether (sulfide) groups is 3. The Morgan fingerprint density at radius 1 is 0.540 bits per heavy atom. The van der Waals surface area contributed by atoms with Crippen LogP contribution in [0.1, 0.15) is 11.1 Å². The lowest BCUT2D eigenvalue weighted by atomic mass is 10.2. The molecule has 0 saturated carbocycles. The average molecular weight is 953 g/mol. The fourth-order valence-electron chi connectivity index (χ4n) is 6.63. The Labute approximate surface area is 397 Å². The van der Waals surface area contributed by atoms with E-state index >= 15 is 0 Å². The molecule has 0 saturated heterocycles. The van der Waals surface area contributed by atoms with Crippen LogP contribution >= 0.6 is 69.3 Å². The Morgan fingerprint density at radius 2 is 0.937 bits per heavy atom. The summed E-state index contributed by atoms with van der Waals surface area (Å²) in [7, 11) is 6.13. The summed E-state index contributed by atoms with van der Waals surface area (Å²) in [6.45, 7) is 7.86. The summed E-state index contributed by atoms with van der Waals surface area (Å²) in [5, 5.41) is 3.17. The maximum atomic E-state index is 4.88. The minimum absolute atomic E-state index is 0.860. The van der Waals surface area contributed by atoms with Crippen LogP contribution in [0.2, 0.25) is 0 Å². The van der Waals surface area contributed by atoms with Gasteiger partial charge in [0.1, 0.15) is 0 Å². The van der Waals surface area contributed by atoms with Crippen molar-refractivity contribution in [3.63, 3.8) is 0 Å². The Balaban J connectivity index is 0.000000158. The smallest absolute Gasteiger partial charge is 0.190 e. The standard InChI is InChI=1S/C18H21N3S2.C17H18N2S2.C14H21N3S2/c1-19-13-14-7-9-15(10-8-14)20-18-21(11-12-22-2)16-5-3-4-6-17(16)23-18;1-13-7-9-14(10-8-13)18-17-19(11-12-20-2)15-5-3-4-6-16(15)21-17;1-16(2)9-8-15-14-17(10-11-18-3)12-6-4-5-7-13(12)19-14/h3-10,19H,11-13H2,1-2H3;3-10H,11-12H2,1-2H3;4-7H,8-11H2,1-3H3. The second-order valence-corrected chi connectivity index (χ2v) is 20.9. The predicted molar refractivity (Wildman–Crippen MR) is 284 cm³/mol. The predicted octanol–water partition coefficient (Wildman–Crippen LogP) is 11.2. The summed E-state index contributed by atoms with van der Waals surface area (Å²) in [6, 6.07) is 42.5. The number of fused-ring (bicyclic) bond motifs is 3. The van der Waals surface area contributed by atoms with E-state index in [1.165, 1.54) is 41.8 Å². The summed E-state index contributed by atoms with van der Waals surface area (Å²) in [4.78, 5) is 20.0. The van der Waals surface area contributed by atoms with Gasteiger partial charge in [-0.2, -0.15) is 35.3 Å². The molecule has 0 amide bonds. The molecular weight excluding hydrogens is 893 g/mol. The number of thiazole rings is 3. The zero-order valence-corrected chi connectivity index (χ0v) is 42.4. The third-order valence-corrected chi connectivity index (χ3v) is 14.9. The molecule has 1 N–H and O–H groups in total. The molecule has 8 aromatic rings. The van der Waals surface area contributed by atoms with E-state index in [2.05, 4.69) is 185 Å². The molecule has 0 unspecified atom stereocenters. The molecule has 8 nitrogen and oxygen atoms in total. The van der Waals surface area contributed by atoms with Crippen molar-refractivity contribution in [2.24, 2.45) is 15.0 Å². The Kier molecular flexibility index (Phi) is 19.7. The Bertz CT molecular complexity index is 2820. The topological polar surface area (TPSA) is 67.1 Å². The SMILES string of the molecule is CNCc1ccc(N=c2sc3ccccc3n2CCSC)cc1.CSCCn1c(=NCCN(C)C)sc2ccccc21.CSCCn1c(=Nc2ccc(C)cc2)sc2ccccc21. The van der Waals surface area contributed by atoms with Gasteiger partial charge in [-0.1, -0.05) is 100 Å². The van der Waals surface area contributed by atoms with E-state index < -0.39 is 0 Å². The average Bonchev–Trinajstić information content (AvgIpc) is 3.96. The monoisotopic (exact) mass is 952 g/mol. The maximum Gasteiger partial charge on any atom is 0.190 e. The lowest BCUT2D eigenvalue weighted by Crippen LogP contribution is -2.20. The van der Waals surface area contributed by atoms with Gasteiger partial charge >= 0.3 is 0 Å². The van der Waals surface area contributed by atoms with E-state index in [1.807, 2.05) is 42.3 Å². The molecular formula is C49H60N8S6. The zero-order valence-electron chi connectivity index (χ0n) is 37.5. The Hall–Kier alpha value is -3.86. The van der Waals surface area contributed by atoms with Gasteiger partial charge < -0.3 is 23.9 Å². The third kappa shape index (κ3) is 14.1. The number of nitrogens with zero attached hydrogens (tertiary/aromatic N) is 7. The molecule has 0 aliphatic heterocycles. The van der Waals surface area contributed by atoms with E-state index in [9.17, 15) is 0 Å². The van der Waals surface area contributed by atoms with Gasteiger partial charge in [0, 0.05) is 50.0 Å². The molecule has 3 heterocycles. The minimum Gasteiger partial charge on any atom is -0.316 e. The van der Waals surface area contributed by atoms with Crippen molar-refractivity contribution in [1.82, 2.24) is 23.9 Å². The molecule has 0 spiro atoms. The quantitative estimate of drug-likeness (QED) is 0.105. The van der Waals surface area contributed by atoms with Gasteiger partial charge in [-0.15, -0.1) is 0 Å². The highest BCUT2D eigenvalue weighted by atomic mass is 32.2. The van der Waals surface area contributed by atoms with E-state index in [0.29, 0.717) is 0 Å². The number of hydrogen-bond donors (Lipinski definition) is 1. The summed E-state index contributed by atoms with van der Waals surface area (Å²) < 4.78 is 10.9. The number of rotatable bonds is 16. The van der Waals surface area contributed by atoms with Gasteiger partial charge in [0.2, 0.25) is 0 Å². The molecule has 14 heteroatoms. The van der Waals surface area contributed by atoms with Crippen LogP contribution in [0, 0.1) is 6.92 Å². The van der Waals surface area contributed by atoms with Crippen LogP contribution in [0.5, 0.6) is 0 Å². The minimum atomic E-state index is 0.860. The third-order valence-electron chi connectivity index (χ3n) is 9.92. The van der Waals surface area contributed by atoms with E-state index in [-0.39, 0.29) is 0 Å². The van der Waals surface area contributed by atoms with Crippen LogP contribution in [0.4, 0.5) is 11.4 Å². The van der Waals surface area contributed by atoms with E-state index in [0.717, 1.165) is 82.3 Å². The fraction of sp³-hybridized carbons (Fsp3) is 0.327. The summed E-state index contributed by atoms with van der Waals surface area (Å²) in [5.74, 6) is 3.32. The van der Waals surface area contributed by atoms with Crippen LogP contribution in [0.15, 0.2) is 136 Å². The first-order valence-corrected chi connectivity index (χ1v) is 27.7. The normalized spacial score (nSPS) is 12.3. The number of para-hydroxylation sites is 3. The number of hydrogen-bond acceptors (Lipinski definition) is 11. The lowest BCUT2D eigenvalue weighted by molar-refractivity contribution is 0.418. The number of likely N-dealkylation sites (N-methyl/N-ethyl adjacent to an activating group) is 1. The molecule has 0 aliphatic carbocycles. The van der Waals surface area contributed by atoms with Gasteiger partial charge in [0.05, 0.1) is 48.6 Å². The molecule has 5 aromatic carbocycles. The molecule has 332 valence electrons. The molecule has 0 atom stereocenters. The first kappa shape index (κ1) is 48.6. The van der Waals surface area contributed by atoms with Gasteiger partial charge in [0.15, 0.2) is 14.4 Å². The molecule has 8 rings (SSSR count). The number of aryl methyl sites for hydroxylation is 4. The van der Waals surface area contributed by atoms with Crippen LogP contribution in [0.3, 0.4) is 0 Å². The van der Waals surface area contributed by atoms with Gasteiger partial charge in [-0.25, -0.2) is 9.98 Å². The van der Waals surface area contributed by atoms with Gasteiger partial charge in [0.25, 0.3) is 0 Å². The van der Waals surface area contributed by atoms with Gasteiger partial charge in [-0.3, -0.25) is 4.99 Å². The first-order chi connectivity index (χ1) is 30.8. The molecule has 0 bridgehead atoms. The molecule has 0 radical (unpaired) electrons. The summed E-state index contributed by atoms with van der Waals surface area (Å²) >= 11 is 10.9. The van der Waals surface area contributed by atoms with E-state index in [4.69, 9.17) is 15.0 Å². The van der Waals surface area contributed by atoms with Crippen molar-refractivity contribution in [1.29, 1.82) is 0 Å². The second kappa shape index (κ2) is 25.6. The Morgan fingerprint density at radius 3 is 1.35 bits per heavy atom. The maximum absolute atomic E-state index is 4.88. The molecule has 3 aromatic heterocycles. The van der Waals surface area contributed by atoms with Crippen molar-refractivity contribution < 1.29 is 0 Å². The number of nitrogens with one attached hydrogen (secondary N) is 1. The lowest BCUT2D eigenvalue weighted by Gasteiger charge is -2.06. The summed E-state index contributed by atoms with van der Waals surface area (Å²) in [6.07, 6.45) is 6.44.